The highest BCUT2D eigenvalue weighted by Gasteiger charge is 2.21. The molecule has 0 bridgehead atoms. The van der Waals surface area contributed by atoms with Crippen LogP contribution in [0.25, 0.3) is 22.1 Å². The van der Waals surface area contributed by atoms with Gasteiger partial charge in [0.25, 0.3) is 0 Å². The average Bonchev–Trinajstić information content (AvgIpc) is 3.44. The lowest BCUT2D eigenvalue weighted by Gasteiger charge is -2.24. The van der Waals surface area contributed by atoms with E-state index in [1.54, 1.807) is 7.11 Å². The van der Waals surface area contributed by atoms with Gasteiger partial charge in [-0.3, -0.25) is 0 Å². The molecule has 2 heterocycles. The van der Waals surface area contributed by atoms with Crippen molar-refractivity contribution in [2.75, 3.05) is 12.4 Å². The molecule has 0 aliphatic rings. The van der Waals surface area contributed by atoms with Crippen LogP contribution in [0.3, 0.4) is 0 Å². The first-order chi connectivity index (χ1) is 15.2. The van der Waals surface area contributed by atoms with Crippen LogP contribution in [0.15, 0.2) is 72.8 Å². The van der Waals surface area contributed by atoms with Gasteiger partial charge in [-0.25, -0.2) is 9.36 Å². The lowest BCUT2D eigenvalue weighted by Crippen LogP contribution is -2.23. The fourth-order valence-corrected chi connectivity index (χ4v) is 3.85. The molecule has 2 unspecified atom stereocenters. The molecular weight excluding hydrogens is 390 g/mol. The van der Waals surface area contributed by atoms with Gasteiger partial charge in [0.2, 0.25) is 0 Å². The largest absolute Gasteiger partial charge is 0.497 e. The summed E-state index contributed by atoms with van der Waals surface area (Å²) in [5.74, 6) is 0.816. The van der Waals surface area contributed by atoms with Crippen LogP contribution in [0, 0.1) is 0 Å². The van der Waals surface area contributed by atoms with Crippen LogP contribution in [0.5, 0.6) is 5.75 Å². The van der Waals surface area contributed by atoms with Gasteiger partial charge in [-0.2, -0.15) is 0 Å². The number of fused-ring (bicyclic) bond motifs is 2. The number of nitrogens with zero attached hydrogens (tertiary/aromatic N) is 6. The summed E-state index contributed by atoms with van der Waals surface area (Å²) in [5, 5.41) is 21.1. The maximum Gasteiger partial charge on any atom is 0.125 e. The first kappa shape index (κ1) is 19.0. The van der Waals surface area contributed by atoms with E-state index in [9.17, 15) is 0 Å². The Morgan fingerprint density at radius 3 is 2.03 bits per heavy atom. The Bertz CT molecular complexity index is 1310. The molecule has 3 aromatic carbocycles. The van der Waals surface area contributed by atoms with Gasteiger partial charge in [-0.15, -0.1) is 10.2 Å². The molecule has 0 radical (unpaired) electrons. The Morgan fingerprint density at radius 2 is 1.39 bits per heavy atom. The molecule has 0 amide bonds. The lowest BCUT2D eigenvalue weighted by atomic mass is 10.1. The molecule has 2 atom stereocenters. The van der Waals surface area contributed by atoms with Crippen molar-refractivity contribution in [2.24, 2.45) is 0 Å². The van der Waals surface area contributed by atoms with Crippen LogP contribution in [0.1, 0.15) is 25.6 Å². The number of rotatable bonds is 7. The SMILES string of the molecule is COc1ccc(NC(CC(C)n2nnc3ccccc32)n2nnc3ccccc32)cc1. The molecule has 31 heavy (non-hydrogen) atoms. The van der Waals surface area contributed by atoms with Crippen LogP contribution in [0.4, 0.5) is 5.69 Å². The first-order valence-electron chi connectivity index (χ1n) is 10.2. The minimum atomic E-state index is -0.140. The second-order valence-corrected chi connectivity index (χ2v) is 7.52. The van der Waals surface area contributed by atoms with Crippen LogP contribution >= 0.6 is 0 Å². The summed E-state index contributed by atoms with van der Waals surface area (Å²) in [6.45, 7) is 2.14. The number of nitrogens with one attached hydrogen (secondary N) is 1. The second kappa shape index (κ2) is 8.06. The Labute approximate surface area is 179 Å². The third kappa shape index (κ3) is 3.68. The van der Waals surface area contributed by atoms with E-state index in [0.29, 0.717) is 0 Å². The molecule has 0 spiro atoms. The minimum absolute atomic E-state index is 0.0751. The zero-order valence-corrected chi connectivity index (χ0v) is 17.4. The van der Waals surface area contributed by atoms with Gasteiger partial charge in [-0.05, 0) is 55.5 Å². The van der Waals surface area contributed by atoms with Crippen molar-refractivity contribution < 1.29 is 4.74 Å². The number of benzene rings is 3. The Morgan fingerprint density at radius 1 is 0.806 bits per heavy atom. The number of hydrogen-bond donors (Lipinski definition) is 1. The molecular formula is C23H23N7O. The van der Waals surface area contributed by atoms with E-state index >= 15 is 0 Å². The number of ether oxygens (including phenoxy) is 1. The van der Waals surface area contributed by atoms with Gasteiger partial charge in [0.05, 0.1) is 24.2 Å². The maximum atomic E-state index is 5.28. The quantitative estimate of drug-likeness (QED) is 0.425. The highest BCUT2D eigenvalue weighted by molar-refractivity contribution is 5.74. The predicted octanol–water partition coefficient (Wildman–Crippen LogP) is 4.45. The number of methoxy groups -OCH3 is 1. The van der Waals surface area contributed by atoms with Crippen LogP contribution in [0.2, 0.25) is 0 Å². The third-order valence-electron chi connectivity index (χ3n) is 5.46. The molecule has 156 valence electrons. The summed E-state index contributed by atoms with van der Waals surface area (Å²) in [7, 11) is 1.66. The highest BCUT2D eigenvalue weighted by atomic mass is 16.5. The molecule has 1 N–H and O–H groups in total. The van der Waals surface area contributed by atoms with E-state index in [1.807, 2.05) is 82.2 Å². The van der Waals surface area contributed by atoms with Crippen LogP contribution in [-0.2, 0) is 0 Å². The predicted molar refractivity (Wildman–Crippen MR) is 120 cm³/mol. The van der Waals surface area contributed by atoms with Gasteiger partial charge in [-0.1, -0.05) is 34.7 Å². The zero-order chi connectivity index (χ0) is 21.2. The first-order valence-corrected chi connectivity index (χ1v) is 10.2. The molecule has 2 aromatic heterocycles. The molecule has 0 saturated carbocycles. The summed E-state index contributed by atoms with van der Waals surface area (Å²) in [4.78, 5) is 0. The van der Waals surface area contributed by atoms with Crippen molar-refractivity contribution in [3.8, 4) is 5.75 Å². The minimum Gasteiger partial charge on any atom is -0.497 e. The van der Waals surface area contributed by atoms with Gasteiger partial charge in [0.1, 0.15) is 22.9 Å². The van der Waals surface area contributed by atoms with Gasteiger partial charge in [0, 0.05) is 12.1 Å². The fraction of sp³-hybridized carbons (Fsp3) is 0.217. The van der Waals surface area contributed by atoms with Gasteiger partial charge < -0.3 is 10.1 Å². The number of hydrogen-bond acceptors (Lipinski definition) is 6. The summed E-state index contributed by atoms with van der Waals surface area (Å²) in [5.41, 5.74) is 4.72. The summed E-state index contributed by atoms with van der Waals surface area (Å²) >= 11 is 0. The van der Waals surface area contributed by atoms with E-state index in [-0.39, 0.29) is 12.2 Å². The lowest BCUT2D eigenvalue weighted by molar-refractivity contribution is 0.367. The summed E-state index contributed by atoms with van der Waals surface area (Å²) in [6.07, 6.45) is 0.589. The number of aromatic nitrogens is 6. The molecule has 0 aliphatic carbocycles. The summed E-state index contributed by atoms with van der Waals surface area (Å²) < 4.78 is 9.19. The molecule has 8 nitrogen and oxygen atoms in total. The fourth-order valence-electron chi connectivity index (χ4n) is 3.85. The number of anilines is 1. The van der Waals surface area contributed by atoms with E-state index in [1.165, 1.54) is 0 Å². The average molecular weight is 413 g/mol. The van der Waals surface area contributed by atoms with Gasteiger partial charge in [0.15, 0.2) is 0 Å². The third-order valence-corrected chi connectivity index (χ3v) is 5.46. The van der Waals surface area contributed by atoms with Crippen LogP contribution in [-0.4, -0.2) is 37.1 Å². The maximum absolute atomic E-state index is 5.28. The monoisotopic (exact) mass is 413 g/mol. The normalized spacial score (nSPS) is 13.4. The van der Waals surface area contributed by atoms with Crippen molar-refractivity contribution in [1.29, 1.82) is 0 Å². The highest BCUT2D eigenvalue weighted by Crippen LogP contribution is 2.28. The number of para-hydroxylation sites is 2. The topological polar surface area (TPSA) is 82.7 Å². The Kier molecular flexibility index (Phi) is 4.95. The molecule has 5 aromatic rings. The van der Waals surface area contributed by atoms with Crippen molar-refractivity contribution in [3.63, 3.8) is 0 Å². The van der Waals surface area contributed by atoms with Crippen molar-refractivity contribution in [2.45, 2.75) is 25.6 Å². The van der Waals surface area contributed by atoms with Crippen molar-refractivity contribution in [1.82, 2.24) is 30.0 Å². The molecule has 5 rings (SSSR count). The van der Waals surface area contributed by atoms with E-state index in [0.717, 1.165) is 39.9 Å². The van der Waals surface area contributed by atoms with Crippen molar-refractivity contribution in [3.05, 3.63) is 72.8 Å². The molecule has 8 heteroatoms. The van der Waals surface area contributed by atoms with Crippen LogP contribution < -0.4 is 10.1 Å². The smallest absolute Gasteiger partial charge is 0.125 e. The van der Waals surface area contributed by atoms with Crippen molar-refractivity contribution >= 4 is 27.8 Å². The standard InChI is InChI=1S/C23H23N7O/c1-16(29-21-9-5-3-7-19(21)25-27-29)15-23(24-17-11-13-18(31-2)14-12-17)30-22-10-6-4-8-20(22)26-28-30/h3-14,16,23-24H,15H2,1-2H3. The second-order valence-electron chi connectivity index (χ2n) is 7.52. The van der Waals surface area contributed by atoms with E-state index in [4.69, 9.17) is 4.74 Å². The van der Waals surface area contributed by atoms with Gasteiger partial charge >= 0.3 is 0 Å². The van der Waals surface area contributed by atoms with E-state index in [2.05, 4.69) is 32.9 Å². The Balaban J connectivity index is 1.49. The Hall–Kier alpha value is -3.94. The molecule has 0 fully saturated rings. The summed E-state index contributed by atoms with van der Waals surface area (Å²) in [6, 6.07) is 23.9. The molecule has 0 saturated heterocycles. The molecule has 0 aliphatic heterocycles. The zero-order valence-electron chi connectivity index (χ0n) is 17.4. The van der Waals surface area contributed by atoms with E-state index < -0.39 is 0 Å².